The van der Waals surface area contributed by atoms with Crippen LogP contribution in [0.1, 0.15) is 21.5 Å². The van der Waals surface area contributed by atoms with Crippen molar-refractivity contribution in [1.82, 2.24) is 15.3 Å². The lowest BCUT2D eigenvalue weighted by molar-refractivity contribution is 0.0952. The number of carbonyl (C=O) groups excluding carboxylic acids is 1. The summed E-state index contributed by atoms with van der Waals surface area (Å²) in [4.78, 5) is 22.0. The summed E-state index contributed by atoms with van der Waals surface area (Å²) in [6.07, 6.45) is 3.47. The molecule has 0 aliphatic heterocycles. The van der Waals surface area contributed by atoms with Gasteiger partial charge in [0.05, 0.1) is 23.9 Å². The largest absolute Gasteiger partial charge is 0.497 e. The average molecular weight is 383 g/mol. The van der Waals surface area contributed by atoms with E-state index in [4.69, 9.17) is 9.72 Å². The van der Waals surface area contributed by atoms with Gasteiger partial charge < -0.3 is 10.1 Å². The lowest BCUT2D eigenvalue weighted by atomic mass is 10.0. The lowest BCUT2D eigenvalue weighted by Crippen LogP contribution is -2.23. The number of aryl methyl sites for hydroxylation is 1. The Labute approximate surface area is 169 Å². The predicted octanol–water partition coefficient (Wildman–Crippen LogP) is 4.54. The van der Waals surface area contributed by atoms with Crippen molar-refractivity contribution in [1.29, 1.82) is 0 Å². The normalized spacial score (nSPS) is 10.7. The summed E-state index contributed by atoms with van der Waals surface area (Å²) in [6.45, 7) is 2.42. The van der Waals surface area contributed by atoms with E-state index >= 15 is 0 Å². The molecule has 1 N–H and O–H groups in total. The van der Waals surface area contributed by atoms with Crippen molar-refractivity contribution in [3.05, 3.63) is 89.7 Å². The van der Waals surface area contributed by atoms with Crippen LogP contribution in [-0.4, -0.2) is 23.0 Å². The Bertz CT molecular complexity index is 1170. The van der Waals surface area contributed by atoms with Crippen LogP contribution in [0, 0.1) is 6.92 Å². The number of fused-ring (bicyclic) bond motifs is 1. The molecule has 0 unspecified atom stereocenters. The minimum atomic E-state index is -0.143. The first-order valence-electron chi connectivity index (χ1n) is 9.37. The summed E-state index contributed by atoms with van der Waals surface area (Å²) in [5.41, 5.74) is 5.02. The van der Waals surface area contributed by atoms with Gasteiger partial charge in [0.25, 0.3) is 5.91 Å². The SMILES string of the molecule is COc1cccc(CNC(=O)c2cc(-c3cccnc3)nc3ccc(C)cc23)c1. The predicted molar refractivity (Wildman–Crippen MR) is 114 cm³/mol. The van der Waals surface area contributed by atoms with Gasteiger partial charge in [-0.05, 0) is 55.0 Å². The summed E-state index contributed by atoms with van der Waals surface area (Å²) in [5, 5.41) is 3.85. The number of benzene rings is 2. The van der Waals surface area contributed by atoms with E-state index < -0.39 is 0 Å². The number of aromatic nitrogens is 2. The van der Waals surface area contributed by atoms with E-state index in [1.165, 1.54) is 0 Å². The minimum Gasteiger partial charge on any atom is -0.497 e. The number of methoxy groups -OCH3 is 1. The minimum absolute atomic E-state index is 0.143. The Hall–Kier alpha value is -3.73. The quantitative estimate of drug-likeness (QED) is 0.549. The highest BCUT2D eigenvalue weighted by molar-refractivity contribution is 6.07. The molecule has 0 saturated carbocycles. The Kier molecular flexibility index (Phi) is 5.20. The van der Waals surface area contributed by atoms with Crippen molar-refractivity contribution < 1.29 is 9.53 Å². The summed E-state index contributed by atoms with van der Waals surface area (Å²) < 4.78 is 5.25. The van der Waals surface area contributed by atoms with Crippen LogP contribution >= 0.6 is 0 Å². The van der Waals surface area contributed by atoms with Gasteiger partial charge in [-0.1, -0.05) is 23.8 Å². The molecule has 0 aliphatic rings. The molecule has 144 valence electrons. The van der Waals surface area contributed by atoms with Crippen molar-refractivity contribution in [3.63, 3.8) is 0 Å². The zero-order valence-electron chi connectivity index (χ0n) is 16.3. The van der Waals surface area contributed by atoms with Crippen LogP contribution in [0.3, 0.4) is 0 Å². The first kappa shape index (κ1) is 18.6. The smallest absolute Gasteiger partial charge is 0.252 e. The fourth-order valence-corrected chi connectivity index (χ4v) is 3.25. The van der Waals surface area contributed by atoms with Crippen LogP contribution in [0.2, 0.25) is 0 Å². The molecule has 0 spiro atoms. The maximum Gasteiger partial charge on any atom is 0.252 e. The number of hydrogen-bond donors (Lipinski definition) is 1. The monoisotopic (exact) mass is 383 g/mol. The summed E-state index contributed by atoms with van der Waals surface area (Å²) in [6, 6.07) is 19.2. The van der Waals surface area contributed by atoms with Crippen LogP contribution in [0.25, 0.3) is 22.2 Å². The van der Waals surface area contributed by atoms with Gasteiger partial charge >= 0.3 is 0 Å². The molecule has 0 saturated heterocycles. The Morgan fingerprint density at radius 2 is 1.97 bits per heavy atom. The van der Waals surface area contributed by atoms with Gasteiger partial charge in [-0.2, -0.15) is 0 Å². The summed E-state index contributed by atoms with van der Waals surface area (Å²) >= 11 is 0. The van der Waals surface area contributed by atoms with Crippen LogP contribution in [-0.2, 0) is 6.54 Å². The molecule has 0 fully saturated rings. The first-order valence-corrected chi connectivity index (χ1v) is 9.37. The molecule has 2 aromatic heterocycles. The molecule has 2 aromatic carbocycles. The van der Waals surface area contributed by atoms with E-state index in [-0.39, 0.29) is 5.91 Å². The molecule has 0 atom stereocenters. The number of hydrogen-bond acceptors (Lipinski definition) is 4. The lowest BCUT2D eigenvalue weighted by Gasteiger charge is -2.12. The maximum atomic E-state index is 13.1. The topological polar surface area (TPSA) is 64.1 Å². The van der Waals surface area contributed by atoms with Gasteiger partial charge in [0.15, 0.2) is 0 Å². The third-order valence-electron chi connectivity index (χ3n) is 4.75. The van der Waals surface area contributed by atoms with Crippen molar-refractivity contribution in [2.24, 2.45) is 0 Å². The molecule has 4 rings (SSSR count). The standard InChI is InChI=1S/C24H21N3O2/c1-16-8-9-22-20(11-16)21(13-23(27-22)18-6-4-10-25-15-18)24(28)26-14-17-5-3-7-19(12-17)29-2/h3-13,15H,14H2,1-2H3,(H,26,28). The fraction of sp³-hybridized carbons (Fsp3) is 0.125. The van der Waals surface area contributed by atoms with Gasteiger partial charge in [0.2, 0.25) is 0 Å². The number of ether oxygens (including phenoxy) is 1. The maximum absolute atomic E-state index is 13.1. The Balaban J connectivity index is 1.70. The second-order valence-electron chi connectivity index (χ2n) is 6.85. The second-order valence-corrected chi connectivity index (χ2v) is 6.85. The zero-order chi connectivity index (χ0) is 20.2. The highest BCUT2D eigenvalue weighted by Gasteiger charge is 2.14. The first-order chi connectivity index (χ1) is 14.1. The van der Waals surface area contributed by atoms with Crippen molar-refractivity contribution >= 4 is 16.8 Å². The van der Waals surface area contributed by atoms with Crippen LogP contribution in [0.4, 0.5) is 0 Å². The Morgan fingerprint density at radius 3 is 2.76 bits per heavy atom. The van der Waals surface area contributed by atoms with E-state index in [2.05, 4.69) is 10.3 Å². The molecule has 0 aliphatic carbocycles. The van der Waals surface area contributed by atoms with Crippen molar-refractivity contribution in [3.8, 4) is 17.0 Å². The molecular weight excluding hydrogens is 362 g/mol. The van der Waals surface area contributed by atoms with Crippen LogP contribution in [0.5, 0.6) is 5.75 Å². The van der Waals surface area contributed by atoms with Gasteiger partial charge in [-0.15, -0.1) is 0 Å². The zero-order valence-corrected chi connectivity index (χ0v) is 16.3. The average Bonchev–Trinajstić information content (AvgIpc) is 2.77. The third-order valence-corrected chi connectivity index (χ3v) is 4.75. The number of amides is 1. The molecule has 29 heavy (non-hydrogen) atoms. The second kappa shape index (κ2) is 8.10. The highest BCUT2D eigenvalue weighted by atomic mass is 16.5. The van der Waals surface area contributed by atoms with Crippen molar-refractivity contribution in [2.75, 3.05) is 7.11 Å². The number of nitrogens with one attached hydrogen (secondary N) is 1. The summed E-state index contributed by atoms with van der Waals surface area (Å²) in [7, 11) is 1.63. The molecule has 1 amide bonds. The van der Waals surface area contributed by atoms with E-state index in [1.54, 1.807) is 19.5 Å². The number of carbonyl (C=O) groups is 1. The van der Waals surface area contributed by atoms with E-state index in [0.717, 1.165) is 39.0 Å². The molecule has 5 heteroatoms. The molecule has 0 radical (unpaired) electrons. The molecule has 5 nitrogen and oxygen atoms in total. The van der Waals surface area contributed by atoms with E-state index in [0.29, 0.717) is 12.1 Å². The van der Waals surface area contributed by atoms with Gasteiger partial charge in [0.1, 0.15) is 5.75 Å². The molecular formula is C24H21N3O2. The van der Waals surface area contributed by atoms with Gasteiger partial charge in [-0.3, -0.25) is 9.78 Å². The van der Waals surface area contributed by atoms with Gasteiger partial charge in [-0.25, -0.2) is 4.98 Å². The fourth-order valence-electron chi connectivity index (χ4n) is 3.25. The highest BCUT2D eigenvalue weighted by Crippen LogP contribution is 2.25. The molecule has 2 heterocycles. The number of nitrogens with zero attached hydrogens (tertiary/aromatic N) is 2. The number of pyridine rings is 2. The van der Waals surface area contributed by atoms with Crippen LogP contribution in [0.15, 0.2) is 73.1 Å². The van der Waals surface area contributed by atoms with E-state index in [1.807, 2.05) is 67.6 Å². The number of rotatable bonds is 5. The Morgan fingerprint density at radius 1 is 1.07 bits per heavy atom. The molecule has 4 aromatic rings. The van der Waals surface area contributed by atoms with Crippen molar-refractivity contribution in [2.45, 2.75) is 13.5 Å². The van der Waals surface area contributed by atoms with Gasteiger partial charge in [0, 0.05) is 29.9 Å². The molecule has 0 bridgehead atoms. The summed E-state index contributed by atoms with van der Waals surface area (Å²) in [5.74, 6) is 0.622. The third kappa shape index (κ3) is 4.09. The van der Waals surface area contributed by atoms with E-state index in [9.17, 15) is 4.79 Å². The van der Waals surface area contributed by atoms with Crippen LogP contribution < -0.4 is 10.1 Å².